The van der Waals surface area contributed by atoms with E-state index in [0.29, 0.717) is 17.3 Å². The Morgan fingerprint density at radius 1 is 1.15 bits per heavy atom. The second-order valence-electron chi connectivity index (χ2n) is 4.51. The molecular weight excluding hydrogens is 296 g/mol. The third-order valence-electron chi connectivity index (χ3n) is 3.23. The van der Waals surface area contributed by atoms with Crippen molar-refractivity contribution in [2.75, 3.05) is 32.1 Å². The molecule has 0 saturated heterocycles. The van der Waals surface area contributed by atoms with E-state index in [9.17, 15) is 8.42 Å². The average Bonchev–Trinajstić information content (AvgIpc) is 2.44. The highest BCUT2D eigenvalue weighted by molar-refractivity contribution is 7.89. The number of halogens is 1. The van der Waals surface area contributed by atoms with Crippen LogP contribution in [-0.2, 0) is 16.4 Å². The van der Waals surface area contributed by atoms with Gasteiger partial charge in [0.05, 0.1) is 4.90 Å². The first-order chi connectivity index (χ1) is 9.53. The van der Waals surface area contributed by atoms with Gasteiger partial charge in [-0.2, -0.15) is 0 Å². The number of rotatable bonds is 9. The molecule has 0 aliphatic rings. The number of hydrogen-bond donors (Lipinski definition) is 1. The zero-order valence-electron chi connectivity index (χ0n) is 12.1. The summed E-state index contributed by atoms with van der Waals surface area (Å²) in [5.41, 5.74) is 1.04. The quantitative estimate of drug-likeness (QED) is 0.709. The van der Waals surface area contributed by atoms with Gasteiger partial charge in [0, 0.05) is 19.0 Å². The number of sulfonamides is 1. The molecule has 0 spiro atoms. The minimum absolute atomic E-state index is 0.301. The van der Waals surface area contributed by atoms with Crippen LogP contribution in [-0.4, -0.2) is 45.4 Å². The number of aryl methyl sites for hydroxylation is 1. The van der Waals surface area contributed by atoms with Gasteiger partial charge in [-0.1, -0.05) is 26.0 Å². The molecule has 0 amide bonds. The molecule has 6 heteroatoms. The Balaban J connectivity index is 2.59. The second kappa shape index (κ2) is 8.62. The summed E-state index contributed by atoms with van der Waals surface area (Å²) in [6.45, 7) is 7.11. The van der Waals surface area contributed by atoms with Crippen LogP contribution < -0.4 is 4.72 Å². The summed E-state index contributed by atoms with van der Waals surface area (Å²) in [5.74, 6) is 0.536. The molecule has 0 aromatic heterocycles. The Morgan fingerprint density at radius 3 is 2.25 bits per heavy atom. The van der Waals surface area contributed by atoms with Gasteiger partial charge in [-0.05, 0) is 37.2 Å². The van der Waals surface area contributed by atoms with Crippen molar-refractivity contribution < 1.29 is 8.42 Å². The molecular formula is C14H23ClN2O2S. The first-order valence-electron chi connectivity index (χ1n) is 6.90. The number of likely N-dealkylation sites (N-methyl/N-ethyl adjacent to an activating group) is 1. The Kier molecular flexibility index (Phi) is 7.51. The van der Waals surface area contributed by atoms with Crippen LogP contribution in [0.4, 0.5) is 0 Å². The molecule has 1 aromatic carbocycles. The van der Waals surface area contributed by atoms with Crippen molar-refractivity contribution in [3.05, 3.63) is 29.8 Å². The fourth-order valence-electron chi connectivity index (χ4n) is 1.91. The summed E-state index contributed by atoms with van der Waals surface area (Å²) in [4.78, 5) is 2.47. The zero-order chi connectivity index (χ0) is 15.0. The standard InChI is InChI=1S/C14H23ClN2O2S/c1-3-17(4-2)12-11-16-20(18,19)14-7-5-13(6-8-14)9-10-15/h5-8,16H,3-4,9-12H2,1-2H3. The predicted octanol–water partition coefficient (Wildman–Crippen LogP) is 2.09. The van der Waals surface area contributed by atoms with E-state index in [1.165, 1.54) is 0 Å². The summed E-state index contributed by atoms with van der Waals surface area (Å²) in [6.07, 6.45) is 0.747. The Bertz CT molecular complexity index is 484. The maximum atomic E-state index is 12.1. The molecule has 0 aliphatic carbocycles. The molecule has 0 aliphatic heterocycles. The van der Waals surface area contributed by atoms with Crippen molar-refractivity contribution in [3.8, 4) is 0 Å². The number of alkyl halides is 1. The summed E-state index contributed by atoms with van der Waals surface area (Å²) in [6, 6.07) is 6.87. The van der Waals surface area contributed by atoms with Crippen molar-refractivity contribution in [2.45, 2.75) is 25.2 Å². The van der Waals surface area contributed by atoms with Crippen LogP contribution in [0.15, 0.2) is 29.2 Å². The van der Waals surface area contributed by atoms with Gasteiger partial charge >= 0.3 is 0 Å². The van der Waals surface area contributed by atoms with Crippen LogP contribution in [0.1, 0.15) is 19.4 Å². The molecule has 1 N–H and O–H groups in total. The van der Waals surface area contributed by atoms with Gasteiger partial charge in [0.2, 0.25) is 10.0 Å². The van der Waals surface area contributed by atoms with E-state index in [2.05, 4.69) is 23.5 Å². The average molecular weight is 319 g/mol. The highest BCUT2D eigenvalue weighted by Gasteiger charge is 2.13. The maximum absolute atomic E-state index is 12.1. The van der Waals surface area contributed by atoms with E-state index in [0.717, 1.165) is 31.6 Å². The SMILES string of the molecule is CCN(CC)CCNS(=O)(=O)c1ccc(CCCl)cc1. The molecule has 0 unspecified atom stereocenters. The Hall–Kier alpha value is -0.620. The third-order valence-corrected chi connectivity index (χ3v) is 4.90. The van der Waals surface area contributed by atoms with Gasteiger partial charge in [-0.3, -0.25) is 0 Å². The van der Waals surface area contributed by atoms with Crippen LogP contribution in [0.5, 0.6) is 0 Å². The van der Waals surface area contributed by atoms with Gasteiger partial charge in [0.15, 0.2) is 0 Å². The number of nitrogens with zero attached hydrogens (tertiary/aromatic N) is 1. The van der Waals surface area contributed by atoms with Gasteiger partial charge in [0.25, 0.3) is 0 Å². The molecule has 0 fully saturated rings. The highest BCUT2D eigenvalue weighted by Crippen LogP contribution is 2.11. The zero-order valence-corrected chi connectivity index (χ0v) is 13.7. The van der Waals surface area contributed by atoms with Gasteiger partial charge in [0.1, 0.15) is 0 Å². The predicted molar refractivity (Wildman–Crippen MR) is 83.8 cm³/mol. The van der Waals surface area contributed by atoms with E-state index in [-0.39, 0.29) is 0 Å². The monoisotopic (exact) mass is 318 g/mol. The topological polar surface area (TPSA) is 49.4 Å². The highest BCUT2D eigenvalue weighted by atomic mass is 35.5. The van der Waals surface area contributed by atoms with Crippen molar-refractivity contribution in [3.63, 3.8) is 0 Å². The van der Waals surface area contributed by atoms with E-state index < -0.39 is 10.0 Å². The van der Waals surface area contributed by atoms with E-state index in [4.69, 9.17) is 11.6 Å². The fraction of sp³-hybridized carbons (Fsp3) is 0.571. The summed E-state index contributed by atoms with van der Waals surface area (Å²) < 4.78 is 26.8. The normalized spacial score (nSPS) is 12.0. The maximum Gasteiger partial charge on any atom is 0.240 e. The molecule has 4 nitrogen and oxygen atoms in total. The van der Waals surface area contributed by atoms with E-state index in [1.807, 2.05) is 0 Å². The molecule has 1 rings (SSSR count). The fourth-order valence-corrected chi connectivity index (χ4v) is 3.14. The lowest BCUT2D eigenvalue weighted by Crippen LogP contribution is -2.34. The Morgan fingerprint density at radius 2 is 1.75 bits per heavy atom. The minimum Gasteiger partial charge on any atom is -0.303 e. The van der Waals surface area contributed by atoms with E-state index >= 15 is 0 Å². The lowest BCUT2D eigenvalue weighted by molar-refractivity contribution is 0.309. The van der Waals surface area contributed by atoms with E-state index in [1.54, 1.807) is 24.3 Å². The molecule has 114 valence electrons. The van der Waals surface area contributed by atoms with Gasteiger partial charge in [-0.15, -0.1) is 11.6 Å². The second-order valence-corrected chi connectivity index (χ2v) is 6.65. The molecule has 20 heavy (non-hydrogen) atoms. The molecule has 0 saturated carbocycles. The number of hydrogen-bond acceptors (Lipinski definition) is 3. The van der Waals surface area contributed by atoms with Crippen molar-refractivity contribution >= 4 is 21.6 Å². The van der Waals surface area contributed by atoms with Crippen LogP contribution in [0, 0.1) is 0 Å². The lowest BCUT2D eigenvalue weighted by atomic mass is 10.2. The number of benzene rings is 1. The smallest absolute Gasteiger partial charge is 0.240 e. The van der Waals surface area contributed by atoms with Gasteiger partial charge < -0.3 is 4.90 Å². The van der Waals surface area contributed by atoms with Crippen LogP contribution in [0.3, 0.4) is 0 Å². The number of nitrogens with one attached hydrogen (secondary N) is 1. The molecule has 1 aromatic rings. The first kappa shape index (κ1) is 17.4. The Labute approximate surface area is 127 Å². The summed E-state index contributed by atoms with van der Waals surface area (Å²) >= 11 is 5.66. The van der Waals surface area contributed by atoms with Crippen LogP contribution >= 0.6 is 11.6 Å². The lowest BCUT2D eigenvalue weighted by Gasteiger charge is -2.18. The van der Waals surface area contributed by atoms with Crippen LogP contribution in [0.2, 0.25) is 0 Å². The van der Waals surface area contributed by atoms with Crippen LogP contribution in [0.25, 0.3) is 0 Å². The van der Waals surface area contributed by atoms with Crippen molar-refractivity contribution in [1.29, 1.82) is 0 Å². The molecule has 0 radical (unpaired) electrons. The minimum atomic E-state index is -3.41. The molecule has 0 bridgehead atoms. The van der Waals surface area contributed by atoms with Crippen molar-refractivity contribution in [2.24, 2.45) is 0 Å². The summed E-state index contributed by atoms with van der Waals surface area (Å²) in [7, 11) is -3.41. The molecule has 0 atom stereocenters. The first-order valence-corrected chi connectivity index (χ1v) is 8.92. The largest absolute Gasteiger partial charge is 0.303 e. The summed E-state index contributed by atoms with van der Waals surface area (Å²) in [5, 5.41) is 0. The molecule has 0 heterocycles. The third kappa shape index (κ3) is 5.40. The van der Waals surface area contributed by atoms with Crippen molar-refractivity contribution in [1.82, 2.24) is 9.62 Å². The van der Waals surface area contributed by atoms with Gasteiger partial charge in [-0.25, -0.2) is 13.1 Å².